The Bertz CT molecular complexity index is 937. The van der Waals surface area contributed by atoms with E-state index < -0.39 is 12.1 Å². The first-order valence-electron chi connectivity index (χ1n) is 11.1. The Kier molecular flexibility index (Phi) is 7.66. The van der Waals surface area contributed by atoms with Gasteiger partial charge in [-0.25, -0.2) is 0 Å². The molecule has 31 heavy (non-hydrogen) atoms. The topological polar surface area (TPSA) is 84.5 Å². The lowest BCUT2D eigenvalue weighted by atomic mass is 9.78. The van der Waals surface area contributed by atoms with Gasteiger partial charge in [-0.1, -0.05) is 69.2 Å². The van der Waals surface area contributed by atoms with Gasteiger partial charge in [-0.05, 0) is 41.5 Å². The molecule has 1 saturated carbocycles. The summed E-state index contributed by atoms with van der Waals surface area (Å²) in [6.45, 7) is 5.64. The van der Waals surface area contributed by atoms with E-state index in [0.717, 1.165) is 29.2 Å². The maximum atomic E-state index is 12.4. The fourth-order valence-electron chi connectivity index (χ4n) is 4.23. The molecule has 6 heteroatoms. The van der Waals surface area contributed by atoms with Crippen LogP contribution in [0.15, 0.2) is 42.5 Å². The van der Waals surface area contributed by atoms with E-state index in [1.807, 2.05) is 42.5 Å². The second kappa shape index (κ2) is 10.4. The number of benzene rings is 2. The van der Waals surface area contributed by atoms with Crippen molar-refractivity contribution in [3.8, 4) is 0 Å². The van der Waals surface area contributed by atoms with Gasteiger partial charge in [-0.15, -0.1) is 0 Å². The Morgan fingerprint density at radius 1 is 1.06 bits per heavy atom. The van der Waals surface area contributed by atoms with E-state index in [1.54, 1.807) is 6.92 Å². The van der Waals surface area contributed by atoms with Crippen LogP contribution in [0.4, 0.5) is 0 Å². The molecule has 0 unspecified atom stereocenters. The summed E-state index contributed by atoms with van der Waals surface area (Å²) in [7, 11) is 0. The molecule has 2 N–H and O–H groups in total. The molecular formula is C25H32N2O4. The zero-order valence-electron chi connectivity index (χ0n) is 18.5. The summed E-state index contributed by atoms with van der Waals surface area (Å²) >= 11 is 0. The van der Waals surface area contributed by atoms with Crippen molar-refractivity contribution in [1.29, 1.82) is 0 Å². The highest BCUT2D eigenvalue weighted by Crippen LogP contribution is 2.29. The first-order valence-corrected chi connectivity index (χ1v) is 11.1. The van der Waals surface area contributed by atoms with Crippen LogP contribution < -0.4 is 10.6 Å². The molecule has 0 heterocycles. The lowest BCUT2D eigenvalue weighted by Crippen LogP contribution is -2.48. The first-order chi connectivity index (χ1) is 14.8. The van der Waals surface area contributed by atoms with E-state index in [4.69, 9.17) is 4.74 Å². The van der Waals surface area contributed by atoms with Gasteiger partial charge in [-0.2, -0.15) is 0 Å². The number of esters is 1. The van der Waals surface area contributed by atoms with E-state index in [-0.39, 0.29) is 30.8 Å². The summed E-state index contributed by atoms with van der Waals surface area (Å²) < 4.78 is 5.22. The van der Waals surface area contributed by atoms with Gasteiger partial charge in [0, 0.05) is 6.04 Å². The normalized spacial score (nSPS) is 21.8. The summed E-state index contributed by atoms with van der Waals surface area (Å²) in [4.78, 5) is 36.9. The molecule has 2 aromatic carbocycles. The van der Waals surface area contributed by atoms with Gasteiger partial charge in [0.25, 0.3) is 5.91 Å². The van der Waals surface area contributed by atoms with Gasteiger partial charge in [0.15, 0.2) is 6.10 Å². The molecule has 1 aliphatic carbocycles. The molecule has 166 valence electrons. The fourth-order valence-corrected chi connectivity index (χ4v) is 4.23. The van der Waals surface area contributed by atoms with E-state index in [9.17, 15) is 14.4 Å². The molecule has 2 aromatic rings. The standard InChI is InChI=1S/C25H32N2O4/c1-16-8-6-13-22(17(16)2)27-25(30)18(3)31-24(29)15-26-23(28)14-20-11-7-10-19-9-4-5-12-21(19)20/h4-5,7,9-12,16-18,22H,6,8,13-15H2,1-3H3,(H,26,28)(H,27,30)/t16-,17-,18-,22+/m1/s1. The highest BCUT2D eigenvalue weighted by Gasteiger charge is 2.30. The van der Waals surface area contributed by atoms with E-state index >= 15 is 0 Å². The van der Waals surface area contributed by atoms with Gasteiger partial charge in [0.2, 0.25) is 5.91 Å². The third-order valence-electron chi connectivity index (χ3n) is 6.37. The summed E-state index contributed by atoms with van der Waals surface area (Å²) in [5, 5.41) is 7.68. The SMILES string of the molecule is C[C@@H]1[C@H](C)CCC[C@@H]1NC(=O)[C@@H](C)OC(=O)CNC(=O)Cc1cccc2ccccc12. The lowest BCUT2D eigenvalue weighted by molar-refractivity contribution is -0.154. The number of amides is 2. The average Bonchev–Trinajstić information content (AvgIpc) is 2.75. The molecule has 1 fully saturated rings. The minimum Gasteiger partial charge on any atom is -0.451 e. The van der Waals surface area contributed by atoms with Crippen LogP contribution in [0.3, 0.4) is 0 Å². The first kappa shape index (κ1) is 22.8. The Hall–Kier alpha value is -2.89. The minimum absolute atomic E-state index is 0.109. The molecular weight excluding hydrogens is 392 g/mol. The third kappa shape index (κ3) is 6.06. The predicted octanol–water partition coefficient (Wildman–Crippen LogP) is 3.37. The number of rotatable bonds is 7. The molecule has 3 rings (SSSR count). The van der Waals surface area contributed by atoms with Crippen LogP contribution in [0, 0.1) is 11.8 Å². The Balaban J connectivity index is 1.44. The summed E-state index contributed by atoms with van der Waals surface area (Å²) in [6.07, 6.45) is 2.49. The molecule has 0 aliphatic heterocycles. The molecule has 6 nitrogen and oxygen atoms in total. The predicted molar refractivity (Wildman–Crippen MR) is 120 cm³/mol. The van der Waals surface area contributed by atoms with Crippen molar-refractivity contribution < 1.29 is 19.1 Å². The molecule has 0 saturated heterocycles. The molecule has 0 spiro atoms. The maximum absolute atomic E-state index is 12.4. The largest absolute Gasteiger partial charge is 0.451 e. The van der Waals surface area contributed by atoms with E-state index in [2.05, 4.69) is 24.5 Å². The highest BCUT2D eigenvalue weighted by atomic mass is 16.5. The quantitative estimate of drug-likeness (QED) is 0.668. The third-order valence-corrected chi connectivity index (χ3v) is 6.37. The number of ether oxygens (including phenoxy) is 1. The summed E-state index contributed by atoms with van der Waals surface area (Å²) in [6, 6.07) is 13.8. The number of carbonyl (C=O) groups excluding carboxylic acids is 3. The van der Waals surface area contributed by atoms with Crippen molar-refractivity contribution in [1.82, 2.24) is 10.6 Å². The molecule has 0 aromatic heterocycles. The Morgan fingerprint density at radius 2 is 1.81 bits per heavy atom. The molecule has 2 amide bonds. The van der Waals surface area contributed by atoms with Gasteiger partial charge in [0.1, 0.15) is 6.54 Å². The molecule has 0 bridgehead atoms. The molecule has 0 radical (unpaired) electrons. The second-order valence-corrected chi connectivity index (χ2v) is 8.61. The van der Waals surface area contributed by atoms with Crippen molar-refractivity contribution in [3.63, 3.8) is 0 Å². The number of nitrogens with one attached hydrogen (secondary N) is 2. The fraction of sp³-hybridized carbons (Fsp3) is 0.480. The van der Waals surface area contributed by atoms with Crippen LogP contribution in [0.5, 0.6) is 0 Å². The Labute approximate surface area is 183 Å². The summed E-state index contributed by atoms with van der Waals surface area (Å²) in [5.74, 6) is -0.224. The zero-order chi connectivity index (χ0) is 22.4. The zero-order valence-corrected chi connectivity index (χ0v) is 18.5. The average molecular weight is 425 g/mol. The number of hydrogen-bond acceptors (Lipinski definition) is 4. The Morgan fingerprint density at radius 3 is 2.61 bits per heavy atom. The maximum Gasteiger partial charge on any atom is 0.326 e. The van der Waals surface area contributed by atoms with E-state index in [1.165, 1.54) is 6.42 Å². The smallest absolute Gasteiger partial charge is 0.326 e. The minimum atomic E-state index is -0.896. The van der Waals surface area contributed by atoms with Gasteiger partial charge >= 0.3 is 5.97 Å². The highest BCUT2D eigenvalue weighted by molar-refractivity contribution is 5.91. The second-order valence-electron chi connectivity index (χ2n) is 8.61. The van der Waals surface area contributed by atoms with Gasteiger partial charge < -0.3 is 15.4 Å². The number of hydrogen-bond donors (Lipinski definition) is 2. The molecule has 4 atom stereocenters. The van der Waals surface area contributed by atoms with E-state index in [0.29, 0.717) is 11.8 Å². The van der Waals surface area contributed by atoms with Crippen LogP contribution in [0.25, 0.3) is 10.8 Å². The van der Waals surface area contributed by atoms with Gasteiger partial charge in [0.05, 0.1) is 6.42 Å². The van der Waals surface area contributed by atoms with Crippen molar-refractivity contribution in [3.05, 3.63) is 48.0 Å². The van der Waals surface area contributed by atoms with Crippen LogP contribution >= 0.6 is 0 Å². The monoisotopic (exact) mass is 424 g/mol. The number of carbonyl (C=O) groups is 3. The van der Waals surface area contributed by atoms with Crippen molar-refractivity contribution in [2.24, 2.45) is 11.8 Å². The van der Waals surface area contributed by atoms with Crippen LogP contribution in [-0.2, 0) is 25.5 Å². The van der Waals surface area contributed by atoms with Crippen molar-refractivity contribution >= 4 is 28.6 Å². The van der Waals surface area contributed by atoms with Crippen LogP contribution in [0.1, 0.15) is 45.6 Å². The number of fused-ring (bicyclic) bond motifs is 1. The summed E-state index contributed by atoms with van der Waals surface area (Å²) in [5.41, 5.74) is 0.896. The van der Waals surface area contributed by atoms with Crippen molar-refractivity contribution in [2.45, 2.75) is 58.6 Å². The van der Waals surface area contributed by atoms with Crippen LogP contribution in [-0.4, -0.2) is 36.5 Å². The molecule has 1 aliphatic rings. The van der Waals surface area contributed by atoms with Gasteiger partial charge in [-0.3, -0.25) is 14.4 Å². The van der Waals surface area contributed by atoms with Crippen molar-refractivity contribution in [2.75, 3.05) is 6.54 Å². The van der Waals surface area contributed by atoms with Crippen LogP contribution in [0.2, 0.25) is 0 Å². The lowest BCUT2D eigenvalue weighted by Gasteiger charge is -2.35.